The van der Waals surface area contributed by atoms with Crippen LogP contribution in [0.5, 0.6) is 0 Å². The van der Waals surface area contributed by atoms with Crippen molar-refractivity contribution in [1.29, 1.82) is 0 Å². The number of nitrogens with one attached hydrogen (secondary N) is 2. The topological polar surface area (TPSA) is 76.3 Å². The fraction of sp³-hybridized carbons (Fsp3) is 0.208. The van der Waals surface area contributed by atoms with E-state index in [-0.39, 0.29) is 6.04 Å². The molecule has 0 amide bonds. The average molecular weight is 409 g/mol. The van der Waals surface area contributed by atoms with Crippen LogP contribution in [0.1, 0.15) is 23.7 Å². The summed E-state index contributed by atoms with van der Waals surface area (Å²) < 4.78 is 3.87. The Kier molecular flexibility index (Phi) is 3.96. The van der Waals surface area contributed by atoms with Gasteiger partial charge in [-0.05, 0) is 54.1 Å². The van der Waals surface area contributed by atoms with E-state index in [2.05, 4.69) is 74.4 Å². The highest BCUT2D eigenvalue weighted by Gasteiger charge is 2.26. The molecule has 2 N–H and O–H groups in total. The summed E-state index contributed by atoms with van der Waals surface area (Å²) in [5.74, 6) is 0. The van der Waals surface area contributed by atoms with Gasteiger partial charge in [-0.3, -0.25) is 4.68 Å². The van der Waals surface area contributed by atoms with E-state index >= 15 is 0 Å². The quantitative estimate of drug-likeness (QED) is 0.453. The second kappa shape index (κ2) is 6.84. The van der Waals surface area contributed by atoms with Gasteiger partial charge in [0.1, 0.15) is 0 Å². The van der Waals surface area contributed by atoms with E-state index in [4.69, 9.17) is 0 Å². The van der Waals surface area contributed by atoms with E-state index in [0.29, 0.717) is 0 Å². The number of anilines is 1. The fourth-order valence-corrected chi connectivity index (χ4v) is 4.60. The van der Waals surface area contributed by atoms with E-state index in [1.54, 1.807) is 0 Å². The number of aromatic nitrogens is 6. The lowest BCUT2D eigenvalue weighted by atomic mass is 9.93. The molecule has 4 heterocycles. The van der Waals surface area contributed by atoms with E-state index < -0.39 is 0 Å². The SMILES string of the molecule is Cc1nnn2c1-c1ccc(-c3cnn(C)c3)cc1C(Nc1ccc3cc[nH]c3c1)CC2. The summed E-state index contributed by atoms with van der Waals surface area (Å²) in [5.41, 5.74) is 9.04. The van der Waals surface area contributed by atoms with Crippen LogP contribution in [0, 0.1) is 6.92 Å². The lowest BCUT2D eigenvalue weighted by Crippen LogP contribution is -2.12. The van der Waals surface area contributed by atoms with Crippen LogP contribution in [-0.2, 0) is 13.6 Å². The van der Waals surface area contributed by atoms with Gasteiger partial charge in [-0.1, -0.05) is 23.4 Å². The minimum absolute atomic E-state index is 0.153. The molecule has 0 bridgehead atoms. The van der Waals surface area contributed by atoms with Crippen molar-refractivity contribution in [2.45, 2.75) is 25.9 Å². The number of aromatic amines is 1. The molecule has 5 aromatic rings. The largest absolute Gasteiger partial charge is 0.378 e. The highest BCUT2D eigenvalue weighted by Crippen LogP contribution is 2.39. The molecule has 2 aromatic carbocycles. The normalized spacial score (nSPS) is 15.5. The fourth-order valence-electron chi connectivity index (χ4n) is 4.60. The van der Waals surface area contributed by atoms with Gasteiger partial charge in [0.25, 0.3) is 0 Å². The average Bonchev–Trinajstić information content (AvgIpc) is 3.48. The van der Waals surface area contributed by atoms with Crippen molar-refractivity contribution in [3.63, 3.8) is 0 Å². The van der Waals surface area contributed by atoms with Crippen molar-refractivity contribution < 1.29 is 0 Å². The Morgan fingerprint density at radius 2 is 2.03 bits per heavy atom. The van der Waals surface area contributed by atoms with Gasteiger partial charge in [-0.15, -0.1) is 5.10 Å². The summed E-state index contributed by atoms with van der Waals surface area (Å²) in [6.45, 7) is 2.85. The van der Waals surface area contributed by atoms with Gasteiger partial charge in [0.2, 0.25) is 0 Å². The third kappa shape index (κ3) is 3.01. The monoisotopic (exact) mass is 409 g/mol. The molecule has 7 heteroatoms. The number of fused-ring (bicyclic) bond motifs is 4. The lowest BCUT2D eigenvalue weighted by Gasteiger charge is -2.21. The molecule has 1 aliphatic rings. The predicted octanol–water partition coefficient (Wildman–Crippen LogP) is 4.69. The van der Waals surface area contributed by atoms with Gasteiger partial charge >= 0.3 is 0 Å². The molecule has 0 saturated carbocycles. The number of nitrogens with zero attached hydrogens (tertiary/aromatic N) is 5. The minimum Gasteiger partial charge on any atom is -0.378 e. The zero-order valence-corrected chi connectivity index (χ0v) is 17.5. The van der Waals surface area contributed by atoms with Crippen molar-refractivity contribution in [1.82, 2.24) is 29.8 Å². The number of hydrogen-bond acceptors (Lipinski definition) is 4. The van der Waals surface area contributed by atoms with Crippen molar-refractivity contribution in [2.75, 3.05) is 5.32 Å². The van der Waals surface area contributed by atoms with Crippen LogP contribution in [0.4, 0.5) is 5.69 Å². The number of aryl methyl sites for hydroxylation is 3. The molecule has 0 saturated heterocycles. The Morgan fingerprint density at radius 3 is 2.90 bits per heavy atom. The Morgan fingerprint density at radius 1 is 1.10 bits per heavy atom. The molecule has 154 valence electrons. The first kappa shape index (κ1) is 17.9. The summed E-state index contributed by atoms with van der Waals surface area (Å²) in [4.78, 5) is 3.31. The summed E-state index contributed by atoms with van der Waals surface area (Å²) in [5, 5.41) is 18.1. The Labute approximate surface area is 179 Å². The first-order valence-corrected chi connectivity index (χ1v) is 10.5. The molecule has 1 unspecified atom stereocenters. The first-order valence-electron chi connectivity index (χ1n) is 10.5. The van der Waals surface area contributed by atoms with E-state index in [1.165, 1.54) is 16.5 Å². The van der Waals surface area contributed by atoms with Crippen LogP contribution in [0.15, 0.2) is 61.1 Å². The second-order valence-corrected chi connectivity index (χ2v) is 8.22. The second-order valence-electron chi connectivity index (χ2n) is 8.22. The third-order valence-corrected chi connectivity index (χ3v) is 6.15. The van der Waals surface area contributed by atoms with E-state index in [0.717, 1.165) is 46.7 Å². The maximum atomic E-state index is 4.40. The van der Waals surface area contributed by atoms with Crippen LogP contribution in [0.3, 0.4) is 0 Å². The Balaban J connectivity index is 1.47. The maximum absolute atomic E-state index is 4.40. The summed E-state index contributed by atoms with van der Waals surface area (Å²) >= 11 is 0. The molecule has 1 atom stereocenters. The molecular weight excluding hydrogens is 386 g/mol. The molecule has 7 nitrogen and oxygen atoms in total. The van der Waals surface area contributed by atoms with Gasteiger partial charge in [0.05, 0.1) is 23.6 Å². The van der Waals surface area contributed by atoms with Crippen molar-refractivity contribution in [2.24, 2.45) is 7.05 Å². The lowest BCUT2D eigenvalue weighted by molar-refractivity contribution is 0.539. The molecular formula is C24H23N7. The molecule has 0 fully saturated rings. The Hall–Kier alpha value is -3.87. The molecule has 1 aliphatic heterocycles. The highest BCUT2D eigenvalue weighted by atomic mass is 15.4. The predicted molar refractivity (Wildman–Crippen MR) is 122 cm³/mol. The van der Waals surface area contributed by atoms with Crippen LogP contribution >= 0.6 is 0 Å². The van der Waals surface area contributed by atoms with Gasteiger partial charge in [-0.2, -0.15) is 5.10 Å². The molecule has 0 radical (unpaired) electrons. The van der Waals surface area contributed by atoms with Crippen molar-refractivity contribution >= 4 is 16.6 Å². The number of rotatable bonds is 3. The zero-order valence-electron chi connectivity index (χ0n) is 17.5. The van der Waals surface area contributed by atoms with Crippen LogP contribution in [0.25, 0.3) is 33.3 Å². The smallest absolute Gasteiger partial charge is 0.0918 e. The van der Waals surface area contributed by atoms with E-state index in [1.807, 2.05) is 35.7 Å². The molecule has 3 aromatic heterocycles. The molecule has 0 aliphatic carbocycles. The molecule has 6 rings (SSSR count). The number of benzene rings is 2. The third-order valence-electron chi connectivity index (χ3n) is 6.15. The van der Waals surface area contributed by atoms with Crippen LogP contribution < -0.4 is 5.32 Å². The first-order chi connectivity index (χ1) is 15.2. The van der Waals surface area contributed by atoms with Gasteiger partial charge in [0, 0.05) is 48.3 Å². The van der Waals surface area contributed by atoms with Crippen LogP contribution in [-0.4, -0.2) is 29.8 Å². The standard InChI is InChI=1S/C24H23N7/c1-15-24-20-6-4-17(18-13-26-30(2)14-18)11-21(20)22(8-10-31(24)29-28-15)27-19-5-3-16-7-9-25-23(16)12-19/h3-7,9,11-14,22,25,27H,8,10H2,1-2H3. The number of hydrogen-bond donors (Lipinski definition) is 2. The van der Waals surface area contributed by atoms with Gasteiger partial charge in [-0.25, -0.2) is 4.68 Å². The van der Waals surface area contributed by atoms with Gasteiger partial charge < -0.3 is 10.3 Å². The summed E-state index contributed by atoms with van der Waals surface area (Å²) in [6.07, 6.45) is 6.86. The van der Waals surface area contributed by atoms with Crippen molar-refractivity contribution in [3.8, 4) is 22.4 Å². The van der Waals surface area contributed by atoms with Gasteiger partial charge in [0.15, 0.2) is 0 Å². The zero-order chi connectivity index (χ0) is 20.9. The Bertz CT molecular complexity index is 1400. The molecule has 31 heavy (non-hydrogen) atoms. The highest BCUT2D eigenvalue weighted by molar-refractivity contribution is 5.83. The van der Waals surface area contributed by atoms with Crippen LogP contribution in [0.2, 0.25) is 0 Å². The molecule has 0 spiro atoms. The maximum Gasteiger partial charge on any atom is 0.0918 e. The van der Waals surface area contributed by atoms with Crippen molar-refractivity contribution in [3.05, 3.63) is 72.3 Å². The summed E-state index contributed by atoms with van der Waals surface area (Å²) in [7, 11) is 1.95. The summed E-state index contributed by atoms with van der Waals surface area (Å²) in [6, 6.07) is 15.4. The van der Waals surface area contributed by atoms with E-state index in [9.17, 15) is 0 Å². The minimum atomic E-state index is 0.153. The number of H-pyrrole nitrogens is 1.